The van der Waals surface area contributed by atoms with Crippen LogP contribution in [0.4, 0.5) is 5.82 Å². The highest BCUT2D eigenvalue weighted by atomic mass is 16.5. The van der Waals surface area contributed by atoms with E-state index in [-0.39, 0.29) is 6.10 Å². The number of nitrogen functional groups attached to an aromatic ring is 1. The van der Waals surface area contributed by atoms with Crippen LogP contribution in [-0.2, 0) is 4.74 Å². The lowest BCUT2D eigenvalue weighted by molar-refractivity contribution is 0.0681. The molecular formula is C11H16N2O2. The molecule has 1 saturated heterocycles. The van der Waals surface area contributed by atoms with Crippen LogP contribution in [0.15, 0.2) is 12.1 Å². The second-order valence-corrected chi connectivity index (χ2v) is 3.78. The SMILES string of the molecule is Cc1ccc(OCC2CCCO2)c(N)n1. The molecule has 0 aromatic carbocycles. The molecule has 0 aliphatic carbocycles. The average Bonchev–Trinajstić information content (AvgIpc) is 2.69. The van der Waals surface area contributed by atoms with E-state index >= 15 is 0 Å². The third kappa shape index (κ3) is 2.59. The van der Waals surface area contributed by atoms with Gasteiger partial charge in [-0.25, -0.2) is 4.98 Å². The monoisotopic (exact) mass is 208 g/mol. The number of ether oxygens (including phenoxy) is 2. The molecule has 2 N–H and O–H groups in total. The minimum atomic E-state index is 0.214. The summed E-state index contributed by atoms with van der Waals surface area (Å²) >= 11 is 0. The fourth-order valence-electron chi connectivity index (χ4n) is 1.64. The van der Waals surface area contributed by atoms with Gasteiger partial charge in [0.15, 0.2) is 11.6 Å². The Morgan fingerprint density at radius 1 is 1.60 bits per heavy atom. The molecule has 1 atom stereocenters. The Kier molecular flexibility index (Phi) is 3.06. The van der Waals surface area contributed by atoms with E-state index in [1.54, 1.807) is 0 Å². The molecule has 0 spiro atoms. The summed E-state index contributed by atoms with van der Waals surface area (Å²) in [6.45, 7) is 3.31. The Morgan fingerprint density at radius 2 is 2.47 bits per heavy atom. The van der Waals surface area contributed by atoms with Crippen LogP contribution in [0, 0.1) is 6.92 Å². The van der Waals surface area contributed by atoms with Crippen LogP contribution in [-0.4, -0.2) is 24.3 Å². The summed E-state index contributed by atoms with van der Waals surface area (Å²) in [6.07, 6.45) is 2.40. The lowest BCUT2D eigenvalue weighted by Gasteiger charge is -2.12. The molecule has 0 bridgehead atoms. The number of nitrogens with two attached hydrogens (primary N) is 1. The summed E-state index contributed by atoms with van der Waals surface area (Å²) in [5.74, 6) is 1.10. The average molecular weight is 208 g/mol. The maximum absolute atomic E-state index is 5.73. The van der Waals surface area contributed by atoms with E-state index in [0.717, 1.165) is 25.1 Å². The fraction of sp³-hybridized carbons (Fsp3) is 0.545. The summed E-state index contributed by atoms with van der Waals surface area (Å²) in [5, 5.41) is 0. The number of anilines is 1. The van der Waals surface area contributed by atoms with Crippen molar-refractivity contribution in [3.8, 4) is 5.75 Å². The summed E-state index contributed by atoms with van der Waals surface area (Å²) in [5.41, 5.74) is 6.63. The van der Waals surface area contributed by atoms with E-state index < -0.39 is 0 Å². The van der Waals surface area contributed by atoms with Crippen molar-refractivity contribution in [2.24, 2.45) is 0 Å². The van der Waals surface area contributed by atoms with Crippen molar-refractivity contribution in [3.63, 3.8) is 0 Å². The molecular weight excluding hydrogens is 192 g/mol. The highest BCUT2D eigenvalue weighted by Crippen LogP contribution is 2.20. The van der Waals surface area contributed by atoms with Gasteiger partial charge in [0.05, 0.1) is 6.10 Å². The molecule has 1 aliphatic rings. The molecule has 0 saturated carbocycles. The van der Waals surface area contributed by atoms with Crippen LogP contribution in [0.2, 0.25) is 0 Å². The van der Waals surface area contributed by atoms with Crippen LogP contribution < -0.4 is 10.5 Å². The third-order valence-corrected chi connectivity index (χ3v) is 2.47. The molecule has 2 heterocycles. The summed E-state index contributed by atoms with van der Waals surface area (Å²) < 4.78 is 11.0. The molecule has 15 heavy (non-hydrogen) atoms. The predicted octanol–water partition coefficient (Wildman–Crippen LogP) is 1.53. The molecule has 82 valence electrons. The molecule has 1 aromatic heterocycles. The second-order valence-electron chi connectivity index (χ2n) is 3.78. The second kappa shape index (κ2) is 4.49. The van der Waals surface area contributed by atoms with E-state index in [0.29, 0.717) is 18.2 Å². The minimum absolute atomic E-state index is 0.214. The fourth-order valence-corrected chi connectivity index (χ4v) is 1.64. The molecule has 1 aliphatic heterocycles. The Morgan fingerprint density at radius 3 is 3.13 bits per heavy atom. The van der Waals surface area contributed by atoms with Gasteiger partial charge in [0.2, 0.25) is 0 Å². The first kappa shape index (κ1) is 10.2. The van der Waals surface area contributed by atoms with Crippen molar-refractivity contribution < 1.29 is 9.47 Å². The molecule has 1 unspecified atom stereocenters. The number of aryl methyl sites for hydroxylation is 1. The first-order chi connectivity index (χ1) is 7.25. The summed E-state index contributed by atoms with van der Waals surface area (Å²) in [4.78, 5) is 4.13. The van der Waals surface area contributed by atoms with Crippen molar-refractivity contribution in [2.45, 2.75) is 25.9 Å². The largest absolute Gasteiger partial charge is 0.487 e. The van der Waals surface area contributed by atoms with Crippen LogP contribution in [0.5, 0.6) is 5.75 Å². The highest BCUT2D eigenvalue weighted by Gasteiger charge is 2.16. The van der Waals surface area contributed by atoms with E-state index in [1.165, 1.54) is 0 Å². The molecule has 2 rings (SSSR count). The van der Waals surface area contributed by atoms with Crippen molar-refractivity contribution >= 4 is 5.82 Å². The number of aromatic nitrogens is 1. The number of hydrogen-bond donors (Lipinski definition) is 1. The Hall–Kier alpha value is -1.29. The van der Waals surface area contributed by atoms with Gasteiger partial charge in [-0.1, -0.05) is 0 Å². The highest BCUT2D eigenvalue weighted by molar-refractivity contribution is 5.46. The van der Waals surface area contributed by atoms with Gasteiger partial charge in [0.25, 0.3) is 0 Å². The van der Waals surface area contributed by atoms with Crippen molar-refractivity contribution in [1.29, 1.82) is 0 Å². The molecule has 1 aromatic rings. The van der Waals surface area contributed by atoms with Gasteiger partial charge in [-0.3, -0.25) is 0 Å². The van der Waals surface area contributed by atoms with Crippen LogP contribution in [0.1, 0.15) is 18.5 Å². The quantitative estimate of drug-likeness (QED) is 0.818. The number of hydrogen-bond acceptors (Lipinski definition) is 4. The number of nitrogens with zero attached hydrogens (tertiary/aromatic N) is 1. The molecule has 0 radical (unpaired) electrons. The van der Waals surface area contributed by atoms with Gasteiger partial charge in [0, 0.05) is 12.3 Å². The predicted molar refractivity (Wildman–Crippen MR) is 57.9 cm³/mol. The van der Waals surface area contributed by atoms with Gasteiger partial charge in [-0.15, -0.1) is 0 Å². The van der Waals surface area contributed by atoms with E-state index in [2.05, 4.69) is 4.98 Å². The maximum Gasteiger partial charge on any atom is 0.166 e. The molecule has 1 fully saturated rings. The maximum atomic E-state index is 5.73. The zero-order chi connectivity index (χ0) is 10.7. The van der Waals surface area contributed by atoms with Crippen molar-refractivity contribution in [3.05, 3.63) is 17.8 Å². The lowest BCUT2D eigenvalue weighted by atomic mass is 10.2. The van der Waals surface area contributed by atoms with Gasteiger partial charge in [-0.2, -0.15) is 0 Å². The van der Waals surface area contributed by atoms with Gasteiger partial charge in [-0.05, 0) is 31.9 Å². The molecule has 4 nitrogen and oxygen atoms in total. The van der Waals surface area contributed by atoms with Crippen LogP contribution in [0.3, 0.4) is 0 Å². The van der Waals surface area contributed by atoms with Gasteiger partial charge >= 0.3 is 0 Å². The minimum Gasteiger partial charge on any atom is -0.487 e. The standard InChI is InChI=1S/C11H16N2O2/c1-8-4-5-10(11(12)13-8)15-7-9-3-2-6-14-9/h4-5,9H,2-3,6-7H2,1H3,(H2,12,13). The van der Waals surface area contributed by atoms with Crippen molar-refractivity contribution in [2.75, 3.05) is 18.9 Å². The first-order valence-corrected chi connectivity index (χ1v) is 5.23. The topological polar surface area (TPSA) is 57.4 Å². The molecule has 0 amide bonds. The Labute approximate surface area is 89.4 Å². The molecule has 4 heteroatoms. The first-order valence-electron chi connectivity index (χ1n) is 5.23. The van der Waals surface area contributed by atoms with E-state index in [9.17, 15) is 0 Å². The number of pyridine rings is 1. The summed E-state index contributed by atoms with van der Waals surface area (Å²) in [7, 11) is 0. The van der Waals surface area contributed by atoms with Crippen molar-refractivity contribution in [1.82, 2.24) is 4.98 Å². The lowest BCUT2D eigenvalue weighted by Crippen LogP contribution is -2.17. The normalized spacial score (nSPS) is 20.5. The van der Waals surface area contributed by atoms with Gasteiger partial charge in [0.1, 0.15) is 6.61 Å². The third-order valence-electron chi connectivity index (χ3n) is 2.47. The van der Waals surface area contributed by atoms with Crippen LogP contribution in [0.25, 0.3) is 0 Å². The smallest absolute Gasteiger partial charge is 0.166 e. The number of rotatable bonds is 3. The summed E-state index contributed by atoms with van der Waals surface area (Å²) in [6, 6.07) is 3.74. The zero-order valence-corrected chi connectivity index (χ0v) is 8.90. The van der Waals surface area contributed by atoms with E-state index in [1.807, 2.05) is 19.1 Å². The van der Waals surface area contributed by atoms with Crippen LogP contribution >= 0.6 is 0 Å². The van der Waals surface area contributed by atoms with E-state index in [4.69, 9.17) is 15.2 Å². The Bertz CT molecular complexity index is 335. The Balaban J connectivity index is 1.92. The zero-order valence-electron chi connectivity index (χ0n) is 8.90. The van der Waals surface area contributed by atoms with Gasteiger partial charge < -0.3 is 15.2 Å².